The molecule has 3 amide bonds. The predicted molar refractivity (Wildman–Crippen MR) is 89.1 cm³/mol. The highest BCUT2D eigenvalue weighted by Crippen LogP contribution is 2.10. The SMILES string of the molecule is CCCC(=O)Nc1ccc(C(=O)NNC(=O)c2cccnc2)cc1. The standard InChI is InChI=1S/C17H18N4O3/c1-2-4-15(22)19-14-8-6-12(7-9-14)16(23)20-21-17(24)13-5-3-10-18-11-13/h3,5-11H,2,4H2,1H3,(H,19,22)(H,20,23)(H,21,24). The lowest BCUT2D eigenvalue weighted by atomic mass is 10.2. The van der Waals surface area contributed by atoms with Crippen molar-refractivity contribution >= 4 is 23.4 Å². The molecule has 24 heavy (non-hydrogen) atoms. The molecule has 0 bridgehead atoms. The monoisotopic (exact) mass is 326 g/mol. The minimum absolute atomic E-state index is 0.0709. The molecule has 0 aliphatic heterocycles. The van der Waals surface area contributed by atoms with Gasteiger partial charge in [-0.2, -0.15) is 0 Å². The van der Waals surface area contributed by atoms with Crippen molar-refractivity contribution in [2.45, 2.75) is 19.8 Å². The van der Waals surface area contributed by atoms with Gasteiger partial charge in [0.1, 0.15) is 0 Å². The van der Waals surface area contributed by atoms with Crippen LogP contribution < -0.4 is 16.2 Å². The maximum Gasteiger partial charge on any atom is 0.271 e. The minimum Gasteiger partial charge on any atom is -0.326 e. The molecular formula is C17H18N4O3. The van der Waals surface area contributed by atoms with E-state index in [1.165, 1.54) is 6.20 Å². The van der Waals surface area contributed by atoms with Gasteiger partial charge in [0.2, 0.25) is 5.91 Å². The van der Waals surface area contributed by atoms with Crippen LogP contribution in [0.3, 0.4) is 0 Å². The van der Waals surface area contributed by atoms with Crippen molar-refractivity contribution in [3.05, 3.63) is 59.9 Å². The van der Waals surface area contributed by atoms with Gasteiger partial charge in [-0.1, -0.05) is 6.92 Å². The molecule has 0 aliphatic carbocycles. The van der Waals surface area contributed by atoms with E-state index in [1.807, 2.05) is 6.92 Å². The van der Waals surface area contributed by atoms with Crippen LogP contribution in [0.25, 0.3) is 0 Å². The number of hydrogen-bond donors (Lipinski definition) is 3. The Morgan fingerprint density at radius 1 is 0.958 bits per heavy atom. The third-order valence-corrected chi connectivity index (χ3v) is 3.12. The Morgan fingerprint density at radius 2 is 1.62 bits per heavy atom. The van der Waals surface area contributed by atoms with E-state index in [4.69, 9.17) is 0 Å². The first-order valence-corrected chi connectivity index (χ1v) is 7.50. The Labute approximate surface area is 139 Å². The number of benzene rings is 1. The first-order valence-electron chi connectivity index (χ1n) is 7.50. The fourth-order valence-electron chi connectivity index (χ4n) is 1.91. The van der Waals surface area contributed by atoms with Gasteiger partial charge in [0.15, 0.2) is 0 Å². The van der Waals surface area contributed by atoms with Gasteiger partial charge in [0.05, 0.1) is 5.56 Å². The average molecular weight is 326 g/mol. The van der Waals surface area contributed by atoms with Gasteiger partial charge in [-0.25, -0.2) is 0 Å². The van der Waals surface area contributed by atoms with Gasteiger partial charge in [-0.15, -0.1) is 0 Å². The Balaban J connectivity index is 1.88. The van der Waals surface area contributed by atoms with E-state index in [-0.39, 0.29) is 5.91 Å². The summed E-state index contributed by atoms with van der Waals surface area (Å²) in [5.74, 6) is -0.989. The van der Waals surface area contributed by atoms with Gasteiger partial charge in [0, 0.05) is 30.1 Å². The van der Waals surface area contributed by atoms with Crippen LogP contribution in [0.4, 0.5) is 5.69 Å². The minimum atomic E-state index is -0.460. The number of nitrogens with one attached hydrogen (secondary N) is 3. The van der Waals surface area contributed by atoms with Crippen molar-refractivity contribution < 1.29 is 14.4 Å². The van der Waals surface area contributed by atoms with Crippen molar-refractivity contribution in [3.63, 3.8) is 0 Å². The summed E-state index contributed by atoms with van der Waals surface area (Å²) in [6.07, 6.45) is 4.16. The molecule has 124 valence electrons. The first-order chi connectivity index (χ1) is 11.6. The third kappa shape index (κ3) is 4.91. The Hall–Kier alpha value is -3.22. The molecule has 2 aromatic rings. The fraction of sp³-hybridized carbons (Fsp3) is 0.176. The maximum atomic E-state index is 12.0. The summed E-state index contributed by atoms with van der Waals surface area (Å²) in [5.41, 5.74) is 5.95. The number of nitrogens with zero attached hydrogens (tertiary/aromatic N) is 1. The largest absolute Gasteiger partial charge is 0.326 e. The second-order valence-electron chi connectivity index (χ2n) is 5.03. The number of aromatic nitrogens is 1. The Bertz CT molecular complexity index is 714. The molecule has 0 unspecified atom stereocenters. The van der Waals surface area contributed by atoms with E-state index < -0.39 is 11.8 Å². The number of hydrazine groups is 1. The zero-order chi connectivity index (χ0) is 17.4. The third-order valence-electron chi connectivity index (χ3n) is 3.12. The molecule has 1 heterocycles. The molecular weight excluding hydrogens is 308 g/mol. The molecule has 7 nitrogen and oxygen atoms in total. The summed E-state index contributed by atoms with van der Waals surface area (Å²) in [7, 11) is 0. The van der Waals surface area contributed by atoms with E-state index in [2.05, 4.69) is 21.2 Å². The molecule has 0 aliphatic rings. The van der Waals surface area contributed by atoms with Gasteiger partial charge in [-0.3, -0.25) is 30.2 Å². The Morgan fingerprint density at radius 3 is 2.21 bits per heavy atom. The lowest BCUT2D eigenvalue weighted by Gasteiger charge is -2.08. The van der Waals surface area contributed by atoms with Crippen LogP contribution in [-0.2, 0) is 4.79 Å². The normalized spacial score (nSPS) is 9.88. The van der Waals surface area contributed by atoms with Gasteiger partial charge < -0.3 is 5.32 Å². The highest BCUT2D eigenvalue weighted by atomic mass is 16.2. The molecule has 0 saturated heterocycles. The van der Waals surface area contributed by atoms with Crippen LogP contribution in [0.5, 0.6) is 0 Å². The maximum absolute atomic E-state index is 12.0. The molecule has 0 spiro atoms. The summed E-state index contributed by atoms with van der Waals surface area (Å²) in [6, 6.07) is 9.60. The zero-order valence-electron chi connectivity index (χ0n) is 13.2. The molecule has 1 aromatic carbocycles. The van der Waals surface area contributed by atoms with Crippen LogP contribution in [-0.4, -0.2) is 22.7 Å². The first kappa shape index (κ1) is 17.1. The van der Waals surface area contributed by atoms with E-state index >= 15 is 0 Å². The summed E-state index contributed by atoms with van der Waals surface area (Å²) in [6.45, 7) is 1.92. The molecule has 3 N–H and O–H groups in total. The highest BCUT2D eigenvalue weighted by molar-refractivity contribution is 5.99. The smallest absolute Gasteiger partial charge is 0.271 e. The molecule has 0 radical (unpaired) electrons. The number of rotatable bonds is 5. The molecule has 0 atom stereocenters. The Kier molecular flexibility index (Phi) is 6.01. The highest BCUT2D eigenvalue weighted by Gasteiger charge is 2.09. The molecule has 0 saturated carbocycles. The summed E-state index contributed by atoms with van der Waals surface area (Å²) < 4.78 is 0. The van der Waals surface area contributed by atoms with Crippen molar-refractivity contribution in [2.75, 3.05) is 5.32 Å². The van der Waals surface area contributed by atoms with Crippen molar-refractivity contribution in [1.82, 2.24) is 15.8 Å². The van der Waals surface area contributed by atoms with Crippen LogP contribution >= 0.6 is 0 Å². The van der Waals surface area contributed by atoms with Gasteiger partial charge in [0.25, 0.3) is 11.8 Å². The van der Waals surface area contributed by atoms with E-state index in [9.17, 15) is 14.4 Å². The van der Waals surface area contributed by atoms with Crippen molar-refractivity contribution in [2.24, 2.45) is 0 Å². The van der Waals surface area contributed by atoms with E-state index in [0.717, 1.165) is 6.42 Å². The molecule has 0 fully saturated rings. The van der Waals surface area contributed by atoms with Crippen LogP contribution in [0.2, 0.25) is 0 Å². The van der Waals surface area contributed by atoms with E-state index in [0.29, 0.717) is 23.2 Å². The van der Waals surface area contributed by atoms with E-state index in [1.54, 1.807) is 42.6 Å². The number of anilines is 1. The summed E-state index contributed by atoms with van der Waals surface area (Å²) in [5, 5.41) is 2.73. The lowest BCUT2D eigenvalue weighted by molar-refractivity contribution is -0.116. The molecule has 1 aromatic heterocycles. The number of hydrogen-bond acceptors (Lipinski definition) is 4. The number of amides is 3. The second-order valence-corrected chi connectivity index (χ2v) is 5.03. The molecule has 2 rings (SSSR count). The van der Waals surface area contributed by atoms with Crippen molar-refractivity contribution in [3.8, 4) is 0 Å². The van der Waals surface area contributed by atoms with Gasteiger partial charge >= 0.3 is 0 Å². The lowest BCUT2D eigenvalue weighted by Crippen LogP contribution is -2.41. The van der Waals surface area contributed by atoms with Gasteiger partial charge in [-0.05, 0) is 42.8 Å². The number of pyridine rings is 1. The zero-order valence-corrected chi connectivity index (χ0v) is 13.2. The van der Waals surface area contributed by atoms with Crippen molar-refractivity contribution in [1.29, 1.82) is 0 Å². The van der Waals surface area contributed by atoms with Crippen LogP contribution in [0.1, 0.15) is 40.5 Å². The second kappa shape index (κ2) is 8.42. The molecule has 7 heteroatoms. The fourth-order valence-corrected chi connectivity index (χ4v) is 1.91. The average Bonchev–Trinajstić information content (AvgIpc) is 2.61. The number of carbonyl (C=O) groups excluding carboxylic acids is 3. The topological polar surface area (TPSA) is 100 Å². The summed E-state index contributed by atoms with van der Waals surface area (Å²) in [4.78, 5) is 39.1. The van der Waals surface area contributed by atoms with Crippen LogP contribution in [0.15, 0.2) is 48.8 Å². The predicted octanol–water partition coefficient (Wildman–Crippen LogP) is 1.89. The summed E-state index contributed by atoms with van der Waals surface area (Å²) >= 11 is 0. The number of carbonyl (C=O) groups is 3. The quantitative estimate of drug-likeness (QED) is 0.731. The van der Waals surface area contributed by atoms with Crippen LogP contribution in [0, 0.1) is 0 Å².